The van der Waals surface area contributed by atoms with E-state index in [1.807, 2.05) is 0 Å². The lowest BCUT2D eigenvalue weighted by Gasteiger charge is -2.18. The Labute approximate surface area is 144 Å². The van der Waals surface area contributed by atoms with E-state index >= 15 is 0 Å². The van der Waals surface area contributed by atoms with Gasteiger partial charge in [0, 0.05) is 23.9 Å². The highest BCUT2D eigenvalue weighted by atomic mass is 32.2. The minimum atomic E-state index is -3.72. The van der Waals surface area contributed by atoms with Crippen molar-refractivity contribution in [1.82, 2.24) is 4.31 Å². The molecule has 0 bridgehead atoms. The lowest BCUT2D eigenvalue weighted by atomic mass is 10.2. The first kappa shape index (κ1) is 18.9. The summed E-state index contributed by atoms with van der Waals surface area (Å²) in [4.78, 5) is 0.933. The smallest absolute Gasteiger partial charge is 0.243 e. The van der Waals surface area contributed by atoms with Gasteiger partial charge in [-0.1, -0.05) is 23.9 Å². The maximum absolute atomic E-state index is 13.3. The third-order valence-corrected chi connectivity index (χ3v) is 6.69. The Morgan fingerprint density at radius 2 is 1.75 bits per heavy atom. The van der Waals surface area contributed by atoms with E-state index < -0.39 is 15.8 Å². The van der Waals surface area contributed by atoms with Gasteiger partial charge in [-0.3, -0.25) is 0 Å². The summed E-state index contributed by atoms with van der Waals surface area (Å²) in [5, 5.41) is 19.0. The number of hydrogen-bond acceptors (Lipinski definition) is 5. The third-order valence-electron chi connectivity index (χ3n) is 3.39. The van der Waals surface area contributed by atoms with Crippen LogP contribution >= 0.6 is 11.8 Å². The monoisotopic (exact) mass is 371 g/mol. The first-order valence-corrected chi connectivity index (χ1v) is 9.29. The van der Waals surface area contributed by atoms with Crippen molar-refractivity contribution in [2.45, 2.75) is 27.9 Å². The average Bonchev–Trinajstić information content (AvgIpc) is 2.56. The SMILES string of the molecule is CN(C)S(=O)(=O)c1cccc(CO)c1Sc1ccc(F)cc1CO. The van der Waals surface area contributed by atoms with E-state index in [-0.39, 0.29) is 18.1 Å². The van der Waals surface area contributed by atoms with Crippen LogP contribution in [-0.2, 0) is 23.2 Å². The number of nitrogens with zero attached hydrogens (tertiary/aromatic N) is 1. The molecule has 0 aromatic heterocycles. The Morgan fingerprint density at radius 1 is 1.08 bits per heavy atom. The number of halogens is 1. The topological polar surface area (TPSA) is 77.8 Å². The molecule has 0 radical (unpaired) electrons. The maximum atomic E-state index is 13.3. The van der Waals surface area contributed by atoms with Crippen LogP contribution in [0.25, 0.3) is 0 Å². The van der Waals surface area contributed by atoms with Crippen LogP contribution < -0.4 is 0 Å². The quantitative estimate of drug-likeness (QED) is 0.814. The second-order valence-corrected chi connectivity index (χ2v) is 8.37. The first-order valence-electron chi connectivity index (χ1n) is 7.03. The molecular weight excluding hydrogens is 353 g/mol. The van der Waals surface area contributed by atoms with Gasteiger partial charge in [-0.25, -0.2) is 17.1 Å². The number of aliphatic hydroxyl groups excluding tert-OH is 2. The van der Waals surface area contributed by atoms with Crippen LogP contribution in [0.1, 0.15) is 11.1 Å². The maximum Gasteiger partial charge on any atom is 0.243 e. The Balaban J connectivity index is 2.62. The summed E-state index contributed by atoms with van der Waals surface area (Å²) in [6.07, 6.45) is 0. The Hall–Kier alpha value is -1.45. The van der Waals surface area contributed by atoms with Crippen LogP contribution in [0.3, 0.4) is 0 Å². The van der Waals surface area contributed by atoms with Gasteiger partial charge in [0.2, 0.25) is 10.0 Å². The van der Waals surface area contributed by atoms with Gasteiger partial charge in [0.1, 0.15) is 5.82 Å². The van der Waals surface area contributed by atoms with Crippen LogP contribution in [-0.4, -0.2) is 37.0 Å². The van der Waals surface area contributed by atoms with Crippen LogP contribution in [0, 0.1) is 5.82 Å². The van der Waals surface area contributed by atoms with Gasteiger partial charge >= 0.3 is 0 Å². The van der Waals surface area contributed by atoms with Crippen molar-refractivity contribution in [3.05, 3.63) is 53.3 Å². The van der Waals surface area contributed by atoms with Crippen molar-refractivity contribution >= 4 is 21.8 Å². The van der Waals surface area contributed by atoms with Gasteiger partial charge in [-0.15, -0.1) is 0 Å². The molecule has 2 aromatic carbocycles. The zero-order chi connectivity index (χ0) is 17.9. The Bertz CT molecular complexity index is 838. The molecule has 0 aliphatic rings. The normalized spacial score (nSPS) is 11.9. The lowest BCUT2D eigenvalue weighted by Crippen LogP contribution is -2.23. The molecule has 0 heterocycles. The molecule has 2 N–H and O–H groups in total. The molecular formula is C16H18FNO4S2. The fourth-order valence-electron chi connectivity index (χ4n) is 2.08. The molecule has 0 unspecified atom stereocenters. The molecule has 0 aliphatic heterocycles. The van der Waals surface area contributed by atoms with E-state index in [0.717, 1.165) is 16.1 Å². The van der Waals surface area contributed by atoms with Crippen LogP contribution in [0.4, 0.5) is 4.39 Å². The van der Waals surface area contributed by atoms with Gasteiger partial charge < -0.3 is 10.2 Å². The highest BCUT2D eigenvalue weighted by molar-refractivity contribution is 8.00. The predicted molar refractivity (Wildman–Crippen MR) is 89.7 cm³/mol. The van der Waals surface area contributed by atoms with Crippen LogP contribution in [0.15, 0.2) is 51.1 Å². The van der Waals surface area contributed by atoms with Crippen molar-refractivity contribution in [1.29, 1.82) is 0 Å². The molecule has 5 nitrogen and oxygen atoms in total. The van der Waals surface area contributed by atoms with Gasteiger partial charge in [0.05, 0.1) is 18.1 Å². The molecule has 0 spiro atoms. The van der Waals surface area contributed by atoms with E-state index in [1.165, 1.54) is 38.4 Å². The number of rotatable bonds is 6. The largest absolute Gasteiger partial charge is 0.392 e. The van der Waals surface area contributed by atoms with Gasteiger partial charge in [0.25, 0.3) is 0 Å². The average molecular weight is 371 g/mol. The first-order chi connectivity index (χ1) is 11.3. The molecule has 0 saturated carbocycles. The summed E-state index contributed by atoms with van der Waals surface area (Å²) in [6, 6.07) is 8.56. The highest BCUT2D eigenvalue weighted by Crippen LogP contribution is 2.38. The second kappa shape index (κ2) is 7.62. The molecule has 0 atom stereocenters. The lowest BCUT2D eigenvalue weighted by molar-refractivity contribution is 0.277. The Kier molecular flexibility index (Phi) is 6.00. The minimum Gasteiger partial charge on any atom is -0.392 e. The number of benzene rings is 2. The minimum absolute atomic E-state index is 0.0530. The van der Waals surface area contributed by atoms with E-state index in [9.17, 15) is 23.0 Å². The summed E-state index contributed by atoms with van der Waals surface area (Å²) >= 11 is 1.08. The molecule has 130 valence electrons. The summed E-state index contributed by atoms with van der Waals surface area (Å²) < 4.78 is 39.5. The van der Waals surface area contributed by atoms with E-state index in [0.29, 0.717) is 20.9 Å². The van der Waals surface area contributed by atoms with Gasteiger partial charge in [-0.2, -0.15) is 0 Å². The van der Waals surface area contributed by atoms with Crippen molar-refractivity contribution in [2.24, 2.45) is 0 Å². The highest BCUT2D eigenvalue weighted by Gasteiger charge is 2.24. The van der Waals surface area contributed by atoms with Crippen molar-refractivity contribution in [3.8, 4) is 0 Å². The third kappa shape index (κ3) is 3.79. The predicted octanol–water partition coefficient (Wildman–Crippen LogP) is 2.21. The van der Waals surface area contributed by atoms with Crippen molar-refractivity contribution in [2.75, 3.05) is 14.1 Å². The molecule has 24 heavy (non-hydrogen) atoms. The summed E-state index contributed by atoms with van der Waals surface area (Å²) in [5.74, 6) is -0.486. The molecule has 0 amide bonds. The molecule has 0 aliphatic carbocycles. The summed E-state index contributed by atoms with van der Waals surface area (Å²) in [6.45, 7) is -0.716. The zero-order valence-electron chi connectivity index (χ0n) is 13.2. The molecule has 2 aromatic rings. The number of aliphatic hydroxyl groups is 2. The van der Waals surface area contributed by atoms with E-state index in [2.05, 4.69) is 0 Å². The molecule has 0 saturated heterocycles. The molecule has 8 heteroatoms. The summed E-state index contributed by atoms with van der Waals surface area (Å²) in [5.41, 5.74) is 0.789. The number of sulfonamides is 1. The second-order valence-electron chi connectivity index (χ2n) is 5.20. The van der Waals surface area contributed by atoms with Gasteiger partial charge in [0.15, 0.2) is 0 Å². The van der Waals surface area contributed by atoms with Crippen molar-refractivity contribution < 1.29 is 23.0 Å². The van der Waals surface area contributed by atoms with Crippen LogP contribution in [0.2, 0.25) is 0 Å². The standard InChI is InChI=1S/C16H18FNO4S2/c1-18(2)24(21,22)15-5-3-4-11(9-19)16(15)23-14-7-6-13(17)8-12(14)10-20/h3-8,19-20H,9-10H2,1-2H3. The van der Waals surface area contributed by atoms with Crippen molar-refractivity contribution in [3.63, 3.8) is 0 Å². The molecule has 2 rings (SSSR count). The van der Waals surface area contributed by atoms with E-state index in [4.69, 9.17) is 0 Å². The summed E-state index contributed by atoms with van der Waals surface area (Å²) in [7, 11) is -0.877. The Morgan fingerprint density at radius 3 is 2.33 bits per heavy atom. The van der Waals surface area contributed by atoms with Gasteiger partial charge in [-0.05, 0) is 35.4 Å². The zero-order valence-corrected chi connectivity index (χ0v) is 14.9. The van der Waals surface area contributed by atoms with Crippen LogP contribution in [0.5, 0.6) is 0 Å². The van der Waals surface area contributed by atoms with E-state index in [1.54, 1.807) is 12.1 Å². The number of hydrogen-bond donors (Lipinski definition) is 2. The molecule has 0 fully saturated rings. The fraction of sp³-hybridized carbons (Fsp3) is 0.250. The fourth-order valence-corrected chi connectivity index (χ4v) is 4.58.